The van der Waals surface area contributed by atoms with E-state index in [1.165, 1.54) is 21.3 Å². The maximum atomic E-state index is 13.3. The quantitative estimate of drug-likeness (QED) is 0.416. The van der Waals surface area contributed by atoms with E-state index in [1.54, 1.807) is 31.4 Å². The zero-order chi connectivity index (χ0) is 20.8. The largest absolute Gasteiger partial charge is 0.496 e. The highest BCUT2D eigenvalue weighted by Crippen LogP contribution is 2.36. The fourth-order valence-corrected chi connectivity index (χ4v) is 2.88. The van der Waals surface area contributed by atoms with Gasteiger partial charge in [-0.15, -0.1) is 0 Å². The Morgan fingerprint density at radius 1 is 0.857 bits per heavy atom. The first-order valence-electron chi connectivity index (χ1n) is 8.86. The van der Waals surface area contributed by atoms with Crippen LogP contribution in [-0.2, 0) is 0 Å². The second-order valence-electron chi connectivity index (χ2n) is 6.49. The van der Waals surface area contributed by atoms with Crippen LogP contribution in [0.2, 0.25) is 0 Å². The van der Waals surface area contributed by atoms with Gasteiger partial charge in [0.15, 0.2) is 17.3 Å². The van der Waals surface area contributed by atoms with Crippen LogP contribution < -0.4 is 24.7 Å². The molecule has 2 aromatic carbocycles. The summed E-state index contributed by atoms with van der Waals surface area (Å²) in [7, 11) is 6.14. The molecular formula is C22H27NO5. The van der Waals surface area contributed by atoms with Crippen molar-refractivity contribution in [1.29, 1.82) is 0 Å². The van der Waals surface area contributed by atoms with E-state index < -0.39 is 0 Å². The number of methoxy groups -OCH3 is 4. The van der Waals surface area contributed by atoms with Crippen molar-refractivity contribution in [3.63, 3.8) is 0 Å². The second kappa shape index (κ2) is 9.17. The number of carbonyl (C=O) groups is 1. The van der Waals surface area contributed by atoms with E-state index in [0.717, 1.165) is 5.56 Å². The van der Waals surface area contributed by atoms with Gasteiger partial charge in [0, 0.05) is 11.6 Å². The number of rotatable bonds is 8. The fourth-order valence-electron chi connectivity index (χ4n) is 2.88. The molecule has 2 rings (SSSR count). The number of carbonyl (C=O) groups excluding carboxylic acids is 1. The molecule has 0 amide bonds. The fraction of sp³-hybridized carbons (Fsp3) is 0.318. The number of ether oxygens (including phenoxy) is 4. The first-order chi connectivity index (χ1) is 13.4. The summed E-state index contributed by atoms with van der Waals surface area (Å²) in [5.41, 5.74) is 8.35. The summed E-state index contributed by atoms with van der Waals surface area (Å²) in [5, 5.41) is 0. The Morgan fingerprint density at radius 2 is 1.43 bits per heavy atom. The number of Topliss-reactive ketones (excluding diaryl/α,β-unsaturated/α-hetero) is 1. The van der Waals surface area contributed by atoms with E-state index >= 15 is 0 Å². The maximum Gasteiger partial charge on any atom is 0.193 e. The standard InChI is InChI=1S/C22H27NO5/c1-13(2)15(9-14-7-8-18(25-3)17(23)10-14)22(24)16-11-20(27-5)21(28-6)12-19(16)26-4/h7-13H,23H2,1-6H3. The normalized spacial score (nSPS) is 11.3. The van der Waals surface area contributed by atoms with Gasteiger partial charge in [-0.1, -0.05) is 19.9 Å². The molecular weight excluding hydrogens is 358 g/mol. The van der Waals surface area contributed by atoms with Gasteiger partial charge in [-0.2, -0.15) is 0 Å². The van der Waals surface area contributed by atoms with Gasteiger partial charge in [0.05, 0.1) is 39.7 Å². The van der Waals surface area contributed by atoms with Crippen LogP contribution in [0.25, 0.3) is 6.08 Å². The molecule has 2 N–H and O–H groups in total. The van der Waals surface area contributed by atoms with E-state index in [-0.39, 0.29) is 11.7 Å². The Kier molecular flexibility index (Phi) is 6.93. The molecule has 0 heterocycles. The van der Waals surface area contributed by atoms with Crippen molar-refractivity contribution in [3.8, 4) is 23.0 Å². The summed E-state index contributed by atoms with van der Waals surface area (Å²) in [6.07, 6.45) is 1.83. The van der Waals surface area contributed by atoms with Crippen LogP contribution in [0.4, 0.5) is 5.69 Å². The molecule has 0 aliphatic carbocycles. The molecule has 0 aliphatic rings. The molecule has 0 atom stereocenters. The molecule has 0 spiro atoms. The minimum atomic E-state index is -0.151. The third-order valence-electron chi connectivity index (χ3n) is 4.41. The summed E-state index contributed by atoms with van der Waals surface area (Å²) >= 11 is 0. The van der Waals surface area contributed by atoms with Crippen molar-refractivity contribution in [2.24, 2.45) is 5.92 Å². The SMILES string of the molecule is COc1ccc(C=C(C(=O)c2cc(OC)c(OC)cc2OC)C(C)C)cc1N. The number of allylic oxidation sites excluding steroid dienone is 1. The van der Waals surface area contributed by atoms with E-state index in [0.29, 0.717) is 39.8 Å². The van der Waals surface area contributed by atoms with Crippen molar-refractivity contribution in [1.82, 2.24) is 0 Å². The summed E-state index contributed by atoms with van der Waals surface area (Å²) in [6.45, 7) is 3.92. The Labute approximate surface area is 165 Å². The highest BCUT2D eigenvalue weighted by Gasteiger charge is 2.22. The van der Waals surface area contributed by atoms with E-state index in [2.05, 4.69) is 0 Å². The molecule has 2 aromatic rings. The van der Waals surface area contributed by atoms with Crippen LogP contribution in [-0.4, -0.2) is 34.2 Å². The predicted molar refractivity (Wildman–Crippen MR) is 111 cm³/mol. The van der Waals surface area contributed by atoms with Crippen LogP contribution in [0.1, 0.15) is 29.8 Å². The molecule has 6 nitrogen and oxygen atoms in total. The van der Waals surface area contributed by atoms with E-state index in [1.807, 2.05) is 26.0 Å². The molecule has 28 heavy (non-hydrogen) atoms. The van der Waals surface area contributed by atoms with E-state index in [9.17, 15) is 4.79 Å². The number of ketones is 1. The zero-order valence-corrected chi connectivity index (χ0v) is 17.2. The summed E-state index contributed by atoms with van der Waals surface area (Å²) < 4.78 is 21.2. The number of nitrogen functional groups attached to an aromatic ring is 1. The average Bonchev–Trinajstić information content (AvgIpc) is 2.70. The lowest BCUT2D eigenvalue weighted by Gasteiger charge is -2.16. The van der Waals surface area contributed by atoms with Crippen molar-refractivity contribution >= 4 is 17.5 Å². The Balaban J connectivity index is 2.55. The topological polar surface area (TPSA) is 80.0 Å². The minimum absolute atomic E-state index is 0.0198. The van der Waals surface area contributed by atoms with Crippen molar-refractivity contribution < 1.29 is 23.7 Å². The van der Waals surface area contributed by atoms with Crippen molar-refractivity contribution in [2.45, 2.75) is 13.8 Å². The highest BCUT2D eigenvalue weighted by atomic mass is 16.5. The van der Waals surface area contributed by atoms with Gasteiger partial charge < -0.3 is 24.7 Å². The lowest BCUT2D eigenvalue weighted by Crippen LogP contribution is -2.11. The van der Waals surface area contributed by atoms with Gasteiger partial charge in [0.1, 0.15) is 11.5 Å². The van der Waals surface area contributed by atoms with Gasteiger partial charge >= 0.3 is 0 Å². The summed E-state index contributed by atoms with van der Waals surface area (Å²) in [4.78, 5) is 13.3. The molecule has 0 bridgehead atoms. The molecule has 0 saturated heterocycles. The van der Waals surface area contributed by atoms with Crippen molar-refractivity contribution in [3.05, 3.63) is 47.0 Å². The number of anilines is 1. The van der Waals surface area contributed by atoms with Gasteiger partial charge in [0.25, 0.3) is 0 Å². The molecule has 0 saturated carbocycles. The monoisotopic (exact) mass is 385 g/mol. The molecule has 0 fully saturated rings. The molecule has 0 radical (unpaired) electrons. The molecule has 0 aliphatic heterocycles. The van der Waals surface area contributed by atoms with Crippen LogP contribution >= 0.6 is 0 Å². The van der Waals surface area contributed by atoms with Gasteiger partial charge in [0.2, 0.25) is 0 Å². The number of hydrogen-bond donors (Lipinski definition) is 1. The molecule has 0 aromatic heterocycles. The van der Waals surface area contributed by atoms with Gasteiger partial charge in [-0.3, -0.25) is 4.79 Å². The van der Waals surface area contributed by atoms with Crippen LogP contribution in [0.3, 0.4) is 0 Å². The lowest BCUT2D eigenvalue weighted by molar-refractivity contribution is 0.102. The van der Waals surface area contributed by atoms with Gasteiger partial charge in [-0.05, 0) is 35.8 Å². The Hall–Kier alpha value is -3.15. The summed E-state index contributed by atoms with van der Waals surface area (Å²) in [6, 6.07) is 8.70. The maximum absolute atomic E-state index is 13.3. The molecule has 0 unspecified atom stereocenters. The Bertz CT molecular complexity index is 887. The third kappa shape index (κ3) is 4.39. The second-order valence-corrected chi connectivity index (χ2v) is 6.49. The third-order valence-corrected chi connectivity index (χ3v) is 4.41. The van der Waals surface area contributed by atoms with Crippen LogP contribution in [0, 0.1) is 5.92 Å². The highest BCUT2D eigenvalue weighted by molar-refractivity contribution is 6.13. The number of hydrogen-bond acceptors (Lipinski definition) is 6. The first-order valence-corrected chi connectivity index (χ1v) is 8.86. The zero-order valence-electron chi connectivity index (χ0n) is 17.2. The summed E-state index contributed by atoms with van der Waals surface area (Å²) in [5.74, 6) is 1.80. The molecule has 6 heteroatoms. The first kappa shape index (κ1) is 21.2. The van der Waals surface area contributed by atoms with Gasteiger partial charge in [-0.25, -0.2) is 0 Å². The minimum Gasteiger partial charge on any atom is -0.496 e. The lowest BCUT2D eigenvalue weighted by atomic mass is 9.91. The average molecular weight is 385 g/mol. The number of benzene rings is 2. The Morgan fingerprint density at radius 3 is 1.93 bits per heavy atom. The molecule has 150 valence electrons. The number of nitrogens with two attached hydrogens (primary N) is 1. The van der Waals surface area contributed by atoms with Crippen molar-refractivity contribution in [2.75, 3.05) is 34.2 Å². The smallest absolute Gasteiger partial charge is 0.193 e. The predicted octanol–water partition coefficient (Wildman–Crippen LogP) is 4.23. The van der Waals surface area contributed by atoms with E-state index in [4.69, 9.17) is 24.7 Å². The van der Waals surface area contributed by atoms with Crippen LogP contribution in [0.5, 0.6) is 23.0 Å². The van der Waals surface area contributed by atoms with Crippen LogP contribution in [0.15, 0.2) is 35.9 Å².